The number of carboxylic acids is 1. The first-order valence-electron chi connectivity index (χ1n) is 7.83. The van der Waals surface area contributed by atoms with Crippen LogP contribution in [-0.4, -0.2) is 24.7 Å². The molecule has 4 heteroatoms. The number of benzene rings is 1. The van der Waals surface area contributed by atoms with Gasteiger partial charge in [0.2, 0.25) is 0 Å². The van der Waals surface area contributed by atoms with Crippen molar-refractivity contribution in [2.24, 2.45) is 5.92 Å². The molecule has 0 bridgehead atoms. The number of carboxylic acid groups (broad SMARTS) is 1. The lowest BCUT2D eigenvalue weighted by Gasteiger charge is -2.18. The minimum Gasteiger partial charge on any atom is -0.496 e. The molecular weight excluding hydrogens is 266 g/mol. The fraction of sp³-hybridized carbons (Fsp3) is 0.588. The van der Waals surface area contributed by atoms with Crippen molar-refractivity contribution in [1.29, 1.82) is 0 Å². The van der Waals surface area contributed by atoms with E-state index >= 15 is 0 Å². The number of carbonyl (C=O) groups is 1. The second-order valence-corrected chi connectivity index (χ2v) is 6.21. The fourth-order valence-corrected chi connectivity index (χ4v) is 3.70. The Balaban J connectivity index is 1.83. The zero-order valence-corrected chi connectivity index (χ0v) is 12.5. The zero-order valence-electron chi connectivity index (χ0n) is 12.5. The van der Waals surface area contributed by atoms with Gasteiger partial charge in [0, 0.05) is 12.6 Å². The smallest absolute Gasteiger partial charge is 0.307 e. The second kappa shape index (κ2) is 6.06. The van der Waals surface area contributed by atoms with E-state index < -0.39 is 5.97 Å². The van der Waals surface area contributed by atoms with E-state index in [0.717, 1.165) is 5.75 Å². The maximum atomic E-state index is 11.1. The number of nitrogens with one attached hydrogen (secondary N) is 1. The molecule has 0 amide bonds. The van der Waals surface area contributed by atoms with Crippen molar-refractivity contribution in [2.45, 2.75) is 44.1 Å². The first kappa shape index (κ1) is 14.4. The van der Waals surface area contributed by atoms with Crippen LogP contribution < -0.4 is 10.1 Å². The van der Waals surface area contributed by atoms with Crippen molar-refractivity contribution in [3.8, 4) is 5.75 Å². The van der Waals surface area contributed by atoms with Gasteiger partial charge in [0.05, 0.1) is 13.0 Å². The van der Waals surface area contributed by atoms with Crippen LogP contribution in [0.3, 0.4) is 0 Å². The Kier molecular flexibility index (Phi) is 4.15. The van der Waals surface area contributed by atoms with Crippen molar-refractivity contribution in [3.05, 3.63) is 29.3 Å². The molecule has 0 radical (unpaired) electrons. The molecule has 2 atom stereocenters. The molecule has 1 aliphatic heterocycles. The topological polar surface area (TPSA) is 58.6 Å². The SMILES string of the molecule is COc1ccc(C2CC(C(=O)O)CN2)cc1C1CCCC1. The molecule has 114 valence electrons. The first-order valence-corrected chi connectivity index (χ1v) is 7.83. The molecule has 21 heavy (non-hydrogen) atoms. The third-order valence-electron chi connectivity index (χ3n) is 4.93. The summed E-state index contributed by atoms with van der Waals surface area (Å²) in [6, 6.07) is 6.49. The summed E-state index contributed by atoms with van der Waals surface area (Å²) in [6.07, 6.45) is 5.72. The predicted molar refractivity (Wildman–Crippen MR) is 80.7 cm³/mol. The number of aliphatic carboxylic acids is 1. The van der Waals surface area contributed by atoms with E-state index in [2.05, 4.69) is 17.4 Å². The monoisotopic (exact) mass is 289 g/mol. The van der Waals surface area contributed by atoms with Crippen LogP contribution >= 0.6 is 0 Å². The van der Waals surface area contributed by atoms with Crippen LogP contribution in [0.1, 0.15) is 55.2 Å². The molecule has 2 fully saturated rings. The van der Waals surface area contributed by atoms with Crippen LogP contribution in [-0.2, 0) is 4.79 Å². The van der Waals surface area contributed by atoms with Crippen molar-refractivity contribution < 1.29 is 14.6 Å². The number of rotatable bonds is 4. The highest BCUT2D eigenvalue weighted by Crippen LogP contribution is 2.40. The van der Waals surface area contributed by atoms with E-state index in [-0.39, 0.29) is 12.0 Å². The Morgan fingerprint density at radius 3 is 2.71 bits per heavy atom. The minimum absolute atomic E-state index is 0.150. The molecule has 0 aromatic heterocycles. The molecule has 2 unspecified atom stereocenters. The molecule has 3 rings (SSSR count). The van der Waals surface area contributed by atoms with Gasteiger partial charge in [-0.3, -0.25) is 4.79 Å². The Labute approximate surface area is 125 Å². The normalized spacial score (nSPS) is 26.1. The van der Waals surface area contributed by atoms with Gasteiger partial charge in [-0.1, -0.05) is 25.0 Å². The molecule has 4 nitrogen and oxygen atoms in total. The first-order chi connectivity index (χ1) is 10.2. The van der Waals surface area contributed by atoms with Crippen LogP contribution in [0.5, 0.6) is 5.75 Å². The highest BCUT2D eigenvalue weighted by atomic mass is 16.5. The predicted octanol–water partition coefficient (Wildman–Crippen LogP) is 3.09. The van der Waals surface area contributed by atoms with Crippen molar-refractivity contribution >= 4 is 5.97 Å². The summed E-state index contributed by atoms with van der Waals surface area (Å²) >= 11 is 0. The third kappa shape index (κ3) is 2.91. The van der Waals surface area contributed by atoms with Gasteiger partial charge in [0.25, 0.3) is 0 Å². The number of hydrogen-bond acceptors (Lipinski definition) is 3. The summed E-state index contributed by atoms with van der Waals surface area (Å²) in [5.41, 5.74) is 2.49. The second-order valence-electron chi connectivity index (χ2n) is 6.21. The summed E-state index contributed by atoms with van der Waals surface area (Å²) in [5, 5.41) is 12.5. The van der Waals surface area contributed by atoms with E-state index in [1.165, 1.54) is 36.8 Å². The molecule has 1 saturated heterocycles. The molecular formula is C17H23NO3. The molecule has 2 N–H and O–H groups in total. The summed E-state index contributed by atoms with van der Waals surface area (Å²) in [5.74, 6) is 0.594. The average molecular weight is 289 g/mol. The Bertz CT molecular complexity index is 523. The summed E-state index contributed by atoms with van der Waals surface area (Å²) in [4.78, 5) is 11.1. The third-order valence-corrected chi connectivity index (χ3v) is 4.93. The van der Waals surface area contributed by atoms with Gasteiger partial charge in [-0.05, 0) is 42.4 Å². The Hall–Kier alpha value is -1.55. The van der Waals surface area contributed by atoms with Crippen LogP contribution in [0.2, 0.25) is 0 Å². The minimum atomic E-state index is -0.700. The van der Waals surface area contributed by atoms with Gasteiger partial charge < -0.3 is 15.2 Å². The van der Waals surface area contributed by atoms with Crippen molar-refractivity contribution in [2.75, 3.05) is 13.7 Å². The van der Waals surface area contributed by atoms with Gasteiger partial charge >= 0.3 is 5.97 Å². The molecule has 1 aliphatic carbocycles. The highest BCUT2D eigenvalue weighted by Gasteiger charge is 2.31. The van der Waals surface area contributed by atoms with Crippen molar-refractivity contribution in [3.63, 3.8) is 0 Å². The van der Waals surface area contributed by atoms with Crippen LogP contribution in [0.4, 0.5) is 0 Å². The fourth-order valence-electron chi connectivity index (χ4n) is 3.70. The van der Waals surface area contributed by atoms with Crippen molar-refractivity contribution in [1.82, 2.24) is 5.32 Å². The number of ether oxygens (including phenoxy) is 1. The van der Waals surface area contributed by atoms with E-state index in [1.807, 2.05) is 6.07 Å². The van der Waals surface area contributed by atoms with E-state index in [4.69, 9.17) is 9.84 Å². The molecule has 1 saturated carbocycles. The summed E-state index contributed by atoms with van der Waals surface area (Å²) in [6.45, 7) is 0.560. The van der Waals surface area contributed by atoms with E-state index in [0.29, 0.717) is 18.9 Å². The molecule has 1 aromatic rings. The van der Waals surface area contributed by atoms with Crippen LogP contribution in [0.25, 0.3) is 0 Å². The standard InChI is InChI=1S/C17H23NO3/c1-21-16-7-6-12(8-14(16)11-4-2-3-5-11)15-9-13(10-18-15)17(19)20/h6-8,11,13,15,18H,2-5,9-10H2,1H3,(H,19,20). The Morgan fingerprint density at radius 1 is 1.33 bits per heavy atom. The summed E-state index contributed by atoms with van der Waals surface area (Å²) in [7, 11) is 1.72. The van der Waals surface area contributed by atoms with Gasteiger partial charge in [0.15, 0.2) is 0 Å². The van der Waals surface area contributed by atoms with Gasteiger partial charge in [-0.15, -0.1) is 0 Å². The quantitative estimate of drug-likeness (QED) is 0.894. The molecule has 0 spiro atoms. The largest absolute Gasteiger partial charge is 0.496 e. The maximum absolute atomic E-state index is 11.1. The lowest BCUT2D eigenvalue weighted by atomic mass is 9.92. The van der Waals surface area contributed by atoms with Gasteiger partial charge in [-0.2, -0.15) is 0 Å². The van der Waals surface area contributed by atoms with E-state index in [9.17, 15) is 4.79 Å². The molecule has 2 aliphatic rings. The summed E-state index contributed by atoms with van der Waals surface area (Å²) < 4.78 is 5.52. The Morgan fingerprint density at radius 2 is 2.10 bits per heavy atom. The highest BCUT2D eigenvalue weighted by molar-refractivity contribution is 5.70. The van der Waals surface area contributed by atoms with Gasteiger partial charge in [0.1, 0.15) is 5.75 Å². The lowest BCUT2D eigenvalue weighted by molar-refractivity contribution is -0.141. The van der Waals surface area contributed by atoms with Gasteiger partial charge in [-0.25, -0.2) is 0 Å². The van der Waals surface area contributed by atoms with Crippen LogP contribution in [0.15, 0.2) is 18.2 Å². The maximum Gasteiger partial charge on any atom is 0.307 e. The lowest BCUT2D eigenvalue weighted by Crippen LogP contribution is -2.17. The van der Waals surface area contributed by atoms with Crippen LogP contribution in [0, 0.1) is 5.92 Å². The molecule has 1 aromatic carbocycles. The zero-order chi connectivity index (χ0) is 14.8. The number of hydrogen-bond donors (Lipinski definition) is 2. The molecule has 1 heterocycles. The number of methoxy groups -OCH3 is 1. The van der Waals surface area contributed by atoms with E-state index in [1.54, 1.807) is 7.11 Å². The average Bonchev–Trinajstić information content (AvgIpc) is 3.18.